The van der Waals surface area contributed by atoms with Crippen LogP contribution >= 0.6 is 0 Å². The van der Waals surface area contributed by atoms with Gasteiger partial charge in [0.25, 0.3) is 0 Å². The molecule has 0 aromatic rings. The Kier molecular flexibility index (Phi) is 5.30. The molecule has 0 radical (unpaired) electrons. The van der Waals surface area contributed by atoms with Crippen LogP contribution in [0.25, 0.3) is 0 Å². The standard InChI is InChI=1S/C11H18N2O2/c1-15-8-7-13(6-2-5-12)9-11(14)10-3-4-10/h10H,2-4,6-9H2,1H3. The summed E-state index contributed by atoms with van der Waals surface area (Å²) in [6.45, 7) is 2.49. The summed E-state index contributed by atoms with van der Waals surface area (Å²) in [6, 6.07) is 2.10. The van der Waals surface area contributed by atoms with Crippen LogP contribution in [0, 0.1) is 17.2 Å². The SMILES string of the molecule is COCCN(CCC#N)CC(=O)C1CC1. The number of rotatable bonds is 8. The lowest BCUT2D eigenvalue weighted by molar-refractivity contribution is -0.121. The molecule has 0 aromatic carbocycles. The van der Waals surface area contributed by atoms with Gasteiger partial charge in [0.15, 0.2) is 0 Å². The van der Waals surface area contributed by atoms with Gasteiger partial charge >= 0.3 is 0 Å². The molecule has 1 fully saturated rings. The molecular weight excluding hydrogens is 192 g/mol. The molecule has 0 amide bonds. The summed E-state index contributed by atoms with van der Waals surface area (Å²) in [5, 5.41) is 8.50. The lowest BCUT2D eigenvalue weighted by Gasteiger charge is -2.19. The first kappa shape index (κ1) is 12.2. The Morgan fingerprint density at radius 3 is 2.80 bits per heavy atom. The zero-order valence-corrected chi connectivity index (χ0v) is 9.24. The molecule has 0 aliphatic heterocycles. The largest absolute Gasteiger partial charge is 0.383 e. The van der Waals surface area contributed by atoms with Gasteiger partial charge in [0.2, 0.25) is 0 Å². The first-order valence-electron chi connectivity index (χ1n) is 5.39. The van der Waals surface area contributed by atoms with Crippen LogP contribution < -0.4 is 0 Å². The number of nitrogens with zero attached hydrogens (tertiary/aromatic N) is 2. The molecule has 84 valence electrons. The van der Waals surface area contributed by atoms with Gasteiger partial charge in [0.05, 0.1) is 19.2 Å². The maximum atomic E-state index is 11.6. The van der Waals surface area contributed by atoms with E-state index >= 15 is 0 Å². The number of hydrogen-bond donors (Lipinski definition) is 0. The third-order valence-corrected chi connectivity index (χ3v) is 2.56. The summed E-state index contributed by atoms with van der Waals surface area (Å²) in [5.74, 6) is 0.626. The van der Waals surface area contributed by atoms with Crippen molar-refractivity contribution in [1.82, 2.24) is 4.90 Å². The van der Waals surface area contributed by atoms with Gasteiger partial charge in [0.1, 0.15) is 5.78 Å². The maximum absolute atomic E-state index is 11.6. The van der Waals surface area contributed by atoms with Gasteiger partial charge in [0, 0.05) is 32.5 Å². The summed E-state index contributed by atoms with van der Waals surface area (Å²) < 4.78 is 4.97. The van der Waals surface area contributed by atoms with E-state index in [0.29, 0.717) is 37.8 Å². The maximum Gasteiger partial charge on any atom is 0.149 e. The number of methoxy groups -OCH3 is 1. The molecule has 1 saturated carbocycles. The molecule has 1 aliphatic carbocycles. The Hall–Kier alpha value is -0.920. The average Bonchev–Trinajstić information content (AvgIpc) is 3.05. The van der Waals surface area contributed by atoms with Gasteiger partial charge in [-0.05, 0) is 12.8 Å². The fourth-order valence-corrected chi connectivity index (χ4v) is 1.45. The predicted molar refractivity (Wildman–Crippen MR) is 56.3 cm³/mol. The summed E-state index contributed by atoms with van der Waals surface area (Å²) in [5.41, 5.74) is 0. The Balaban J connectivity index is 2.26. The minimum absolute atomic E-state index is 0.303. The monoisotopic (exact) mass is 210 g/mol. The lowest BCUT2D eigenvalue weighted by atomic mass is 10.2. The van der Waals surface area contributed by atoms with Crippen molar-refractivity contribution in [3.8, 4) is 6.07 Å². The van der Waals surface area contributed by atoms with E-state index in [1.54, 1.807) is 7.11 Å². The highest BCUT2D eigenvalue weighted by Gasteiger charge is 2.30. The van der Waals surface area contributed by atoms with E-state index in [9.17, 15) is 4.79 Å². The predicted octanol–water partition coefficient (Wildman–Crippen LogP) is 0.828. The van der Waals surface area contributed by atoms with Crippen LogP contribution in [0.2, 0.25) is 0 Å². The molecular formula is C11H18N2O2. The van der Waals surface area contributed by atoms with Crippen molar-refractivity contribution in [2.45, 2.75) is 19.3 Å². The van der Waals surface area contributed by atoms with Crippen molar-refractivity contribution in [2.75, 3.05) is 33.4 Å². The number of ketones is 1. The molecule has 0 spiro atoms. The average molecular weight is 210 g/mol. The van der Waals surface area contributed by atoms with E-state index in [2.05, 4.69) is 6.07 Å². The Morgan fingerprint density at radius 1 is 1.53 bits per heavy atom. The van der Waals surface area contributed by atoms with Crippen molar-refractivity contribution in [3.63, 3.8) is 0 Å². The van der Waals surface area contributed by atoms with Gasteiger partial charge in [-0.3, -0.25) is 9.69 Å². The highest BCUT2D eigenvalue weighted by atomic mass is 16.5. The van der Waals surface area contributed by atoms with Crippen LogP contribution in [0.15, 0.2) is 0 Å². The van der Waals surface area contributed by atoms with E-state index in [4.69, 9.17) is 10.00 Å². The molecule has 0 saturated heterocycles. The second-order valence-corrected chi connectivity index (χ2v) is 3.92. The van der Waals surface area contributed by atoms with Crippen LogP contribution in [0.4, 0.5) is 0 Å². The zero-order chi connectivity index (χ0) is 11.1. The number of carbonyl (C=O) groups is 1. The van der Waals surface area contributed by atoms with Gasteiger partial charge in [-0.25, -0.2) is 0 Å². The summed E-state index contributed by atoms with van der Waals surface area (Å²) >= 11 is 0. The zero-order valence-electron chi connectivity index (χ0n) is 9.24. The van der Waals surface area contributed by atoms with Crippen molar-refractivity contribution < 1.29 is 9.53 Å². The molecule has 0 atom stereocenters. The Bertz CT molecular complexity index is 243. The van der Waals surface area contributed by atoms with Crippen molar-refractivity contribution in [1.29, 1.82) is 5.26 Å². The number of ether oxygens (including phenoxy) is 1. The van der Waals surface area contributed by atoms with Crippen LogP contribution in [-0.4, -0.2) is 44.0 Å². The third kappa shape index (κ3) is 4.91. The minimum Gasteiger partial charge on any atom is -0.383 e. The summed E-state index contributed by atoms with van der Waals surface area (Å²) in [6.07, 6.45) is 2.58. The van der Waals surface area contributed by atoms with E-state index < -0.39 is 0 Å². The fraction of sp³-hybridized carbons (Fsp3) is 0.818. The molecule has 1 aliphatic rings. The first-order valence-corrected chi connectivity index (χ1v) is 5.39. The molecule has 0 unspecified atom stereocenters. The second kappa shape index (κ2) is 6.54. The van der Waals surface area contributed by atoms with Gasteiger partial charge in [-0.2, -0.15) is 5.26 Å². The van der Waals surface area contributed by atoms with Crippen molar-refractivity contribution >= 4 is 5.78 Å². The molecule has 1 rings (SSSR count). The highest BCUT2D eigenvalue weighted by Crippen LogP contribution is 2.29. The van der Waals surface area contributed by atoms with E-state index in [0.717, 1.165) is 19.4 Å². The van der Waals surface area contributed by atoms with E-state index in [1.807, 2.05) is 4.90 Å². The first-order chi connectivity index (χ1) is 7.27. The van der Waals surface area contributed by atoms with Crippen molar-refractivity contribution in [2.24, 2.45) is 5.92 Å². The third-order valence-electron chi connectivity index (χ3n) is 2.56. The van der Waals surface area contributed by atoms with Gasteiger partial charge < -0.3 is 4.74 Å². The number of carbonyl (C=O) groups excluding carboxylic acids is 1. The Labute approximate surface area is 90.8 Å². The summed E-state index contributed by atoms with van der Waals surface area (Å²) in [7, 11) is 1.64. The molecule has 0 aromatic heterocycles. The van der Waals surface area contributed by atoms with Crippen LogP contribution in [0.5, 0.6) is 0 Å². The van der Waals surface area contributed by atoms with Crippen LogP contribution in [-0.2, 0) is 9.53 Å². The second-order valence-electron chi connectivity index (χ2n) is 3.92. The number of nitriles is 1. The molecule has 0 heterocycles. The minimum atomic E-state index is 0.303. The van der Waals surface area contributed by atoms with Crippen LogP contribution in [0.3, 0.4) is 0 Å². The highest BCUT2D eigenvalue weighted by molar-refractivity contribution is 5.84. The van der Waals surface area contributed by atoms with Gasteiger partial charge in [-0.1, -0.05) is 0 Å². The van der Waals surface area contributed by atoms with E-state index in [1.165, 1.54) is 0 Å². The molecule has 0 bridgehead atoms. The smallest absolute Gasteiger partial charge is 0.149 e. The van der Waals surface area contributed by atoms with Gasteiger partial charge in [-0.15, -0.1) is 0 Å². The molecule has 4 nitrogen and oxygen atoms in total. The summed E-state index contributed by atoms with van der Waals surface area (Å²) in [4.78, 5) is 13.6. The normalized spacial score (nSPS) is 15.3. The molecule has 4 heteroatoms. The lowest BCUT2D eigenvalue weighted by Crippen LogP contribution is -2.34. The van der Waals surface area contributed by atoms with Crippen molar-refractivity contribution in [3.05, 3.63) is 0 Å². The quantitative estimate of drug-likeness (QED) is 0.595. The fourth-order valence-electron chi connectivity index (χ4n) is 1.45. The Morgan fingerprint density at radius 2 is 2.27 bits per heavy atom. The number of hydrogen-bond acceptors (Lipinski definition) is 4. The van der Waals surface area contributed by atoms with E-state index in [-0.39, 0.29) is 0 Å². The van der Waals surface area contributed by atoms with Crippen LogP contribution in [0.1, 0.15) is 19.3 Å². The number of Topliss-reactive ketones (excluding diaryl/α,β-unsaturated/α-hetero) is 1. The topological polar surface area (TPSA) is 53.3 Å². The molecule has 0 N–H and O–H groups in total. The molecule has 15 heavy (non-hydrogen) atoms.